The Hall–Kier alpha value is -1.70. The molecule has 106 valence electrons. The van der Waals surface area contributed by atoms with Crippen molar-refractivity contribution in [3.63, 3.8) is 0 Å². The zero-order valence-electron chi connectivity index (χ0n) is 10.6. The van der Waals surface area contributed by atoms with E-state index in [1.54, 1.807) is 12.1 Å². The molecule has 0 aliphatic carbocycles. The number of rotatable bonds is 7. The third-order valence-electron chi connectivity index (χ3n) is 2.51. The molecular formula is C12H18FN3O3. The zero-order chi connectivity index (χ0) is 14.3. The van der Waals surface area contributed by atoms with Crippen molar-refractivity contribution in [2.75, 3.05) is 20.3 Å². The van der Waals surface area contributed by atoms with Crippen LogP contribution in [-0.4, -0.2) is 42.5 Å². The van der Waals surface area contributed by atoms with Gasteiger partial charge in [0, 0.05) is 31.3 Å². The van der Waals surface area contributed by atoms with Gasteiger partial charge < -0.3 is 26.1 Å². The summed E-state index contributed by atoms with van der Waals surface area (Å²) in [6.45, 7) is 0.788. The predicted octanol–water partition coefficient (Wildman–Crippen LogP) is 0.0171. The number of aliphatic hydroxyl groups excluding tert-OH is 1. The molecule has 1 rings (SSSR count). The summed E-state index contributed by atoms with van der Waals surface area (Å²) in [5, 5.41) is 23.6. The average Bonchev–Trinajstić information content (AvgIpc) is 2.40. The van der Waals surface area contributed by atoms with Crippen molar-refractivity contribution >= 4 is 5.84 Å². The minimum Gasteiger partial charge on any atom is -0.409 e. The topological polar surface area (TPSA) is 100 Å². The number of hydrogen-bond acceptors (Lipinski definition) is 5. The molecule has 0 bridgehead atoms. The Morgan fingerprint density at radius 2 is 2.32 bits per heavy atom. The van der Waals surface area contributed by atoms with Gasteiger partial charge in [0.15, 0.2) is 5.84 Å². The Balaban J connectivity index is 2.56. The Labute approximate surface area is 110 Å². The van der Waals surface area contributed by atoms with Crippen LogP contribution in [0.5, 0.6) is 0 Å². The molecule has 5 N–H and O–H groups in total. The SMILES string of the molecule is COCC(O)CNCc1ccc(C(N)=NO)cc1F. The van der Waals surface area contributed by atoms with E-state index in [0.717, 1.165) is 0 Å². The van der Waals surface area contributed by atoms with E-state index in [0.29, 0.717) is 17.7 Å². The van der Waals surface area contributed by atoms with Crippen LogP contribution >= 0.6 is 0 Å². The van der Waals surface area contributed by atoms with Crippen molar-refractivity contribution in [1.82, 2.24) is 5.32 Å². The van der Waals surface area contributed by atoms with Crippen LogP contribution in [-0.2, 0) is 11.3 Å². The van der Waals surface area contributed by atoms with Crippen LogP contribution in [0.2, 0.25) is 0 Å². The molecule has 0 saturated carbocycles. The number of benzene rings is 1. The maximum absolute atomic E-state index is 13.7. The quantitative estimate of drug-likeness (QED) is 0.242. The second-order valence-electron chi connectivity index (χ2n) is 4.03. The maximum Gasteiger partial charge on any atom is 0.170 e. The molecule has 0 aromatic heterocycles. The summed E-state index contributed by atoms with van der Waals surface area (Å²) >= 11 is 0. The van der Waals surface area contributed by atoms with Gasteiger partial charge in [-0.15, -0.1) is 0 Å². The number of methoxy groups -OCH3 is 1. The highest BCUT2D eigenvalue weighted by Crippen LogP contribution is 2.10. The van der Waals surface area contributed by atoms with E-state index >= 15 is 0 Å². The van der Waals surface area contributed by atoms with Gasteiger partial charge in [0.1, 0.15) is 5.82 Å². The fraction of sp³-hybridized carbons (Fsp3) is 0.417. The minimum atomic E-state index is -0.635. The Bertz CT molecular complexity index is 440. The number of nitrogens with two attached hydrogens (primary N) is 1. The highest BCUT2D eigenvalue weighted by atomic mass is 19.1. The third-order valence-corrected chi connectivity index (χ3v) is 2.51. The average molecular weight is 271 g/mol. The van der Waals surface area contributed by atoms with Gasteiger partial charge in [0.2, 0.25) is 0 Å². The van der Waals surface area contributed by atoms with Crippen LogP contribution in [0.25, 0.3) is 0 Å². The first-order valence-corrected chi connectivity index (χ1v) is 5.72. The molecule has 0 amide bonds. The molecule has 7 heteroatoms. The van der Waals surface area contributed by atoms with Gasteiger partial charge in [-0.25, -0.2) is 4.39 Å². The second kappa shape index (κ2) is 7.67. The molecule has 0 heterocycles. The zero-order valence-corrected chi connectivity index (χ0v) is 10.6. The largest absolute Gasteiger partial charge is 0.409 e. The maximum atomic E-state index is 13.7. The van der Waals surface area contributed by atoms with Crippen LogP contribution in [0.3, 0.4) is 0 Å². The lowest BCUT2D eigenvalue weighted by Gasteiger charge is -2.11. The number of halogens is 1. The van der Waals surface area contributed by atoms with Gasteiger partial charge in [0.05, 0.1) is 12.7 Å². The van der Waals surface area contributed by atoms with Gasteiger partial charge >= 0.3 is 0 Å². The molecule has 1 unspecified atom stereocenters. The fourth-order valence-electron chi connectivity index (χ4n) is 1.53. The molecular weight excluding hydrogens is 253 g/mol. The molecule has 0 saturated heterocycles. The Morgan fingerprint density at radius 3 is 2.89 bits per heavy atom. The molecule has 0 radical (unpaired) electrons. The number of hydrogen-bond donors (Lipinski definition) is 4. The first-order chi connectivity index (χ1) is 9.08. The van der Waals surface area contributed by atoms with E-state index in [4.69, 9.17) is 15.7 Å². The normalized spacial score (nSPS) is 13.5. The van der Waals surface area contributed by atoms with E-state index in [-0.39, 0.29) is 19.0 Å². The van der Waals surface area contributed by atoms with Crippen molar-refractivity contribution in [3.05, 3.63) is 35.1 Å². The second-order valence-corrected chi connectivity index (χ2v) is 4.03. The first-order valence-electron chi connectivity index (χ1n) is 5.72. The first kappa shape index (κ1) is 15.4. The molecule has 1 aromatic rings. The number of nitrogens with one attached hydrogen (secondary N) is 1. The lowest BCUT2D eigenvalue weighted by molar-refractivity contribution is 0.0643. The van der Waals surface area contributed by atoms with Gasteiger partial charge in [-0.05, 0) is 6.07 Å². The summed E-state index contributed by atoms with van der Waals surface area (Å²) < 4.78 is 18.5. The standard InChI is InChI=1S/C12H18FN3O3/c1-19-7-10(17)6-15-5-9-3-2-8(4-11(9)13)12(14)16-18/h2-4,10,15,17-18H,5-7H2,1H3,(H2,14,16). The van der Waals surface area contributed by atoms with Gasteiger partial charge in [-0.2, -0.15) is 0 Å². The van der Waals surface area contributed by atoms with Gasteiger partial charge in [0.25, 0.3) is 0 Å². The van der Waals surface area contributed by atoms with Crippen LogP contribution in [0.4, 0.5) is 4.39 Å². The Kier molecular flexibility index (Phi) is 6.20. The van der Waals surface area contributed by atoms with Gasteiger partial charge in [-0.1, -0.05) is 17.3 Å². The molecule has 19 heavy (non-hydrogen) atoms. The van der Waals surface area contributed by atoms with E-state index < -0.39 is 11.9 Å². The molecule has 0 spiro atoms. The number of aliphatic hydroxyl groups is 1. The molecule has 0 aliphatic heterocycles. The van der Waals surface area contributed by atoms with Crippen molar-refractivity contribution < 1.29 is 19.4 Å². The highest BCUT2D eigenvalue weighted by Gasteiger charge is 2.07. The molecule has 0 fully saturated rings. The molecule has 6 nitrogen and oxygen atoms in total. The summed E-state index contributed by atoms with van der Waals surface area (Å²) in [5.74, 6) is -0.605. The van der Waals surface area contributed by atoms with Crippen molar-refractivity contribution in [1.29, 1.82) is 0 Å². The summed E-state index contributed by atoms with van der Waals surface area (Å²) in [5.41, 5.74) is 6.10. The highest BCUT2D eigenvalue weighted by molar-refractivity contribution is 5.97. The molecule has 1 aromatic carbocycles. The molecule has 1 atom stereocenters. The number of amidine groups is 1. The van der Waals surface area contributed by atoms with Crippen LogP contribution < -0.4 is 11.1 Å². The lowest BCUT2D eigenvalue weighted by Crippen LogP contribution is -2.30. The van der Waals surface area contributed by atoms with Crippen LogP contribution in [0.15, 0.2) is 23.4 Å². The van der Waals surface area contributed by atoms with Gasteiger partial charge in [-0.3, -0.25) is 0 Å². The summed E-state index contributed by atoms with van der Waals surface area (Å²) in [6.07, 6.45) is -0.635. The van der Waals surface area contributed by atoms with Crippen molar-refractivity contribution in [2.24, 2.45) is 10.9 Å². The van der Waals surface area contributed by atoms with E-state index in [9.17, 15) is 9.50 Å². The van der Waals surface area contributed by atoms with E-state index in [1.807, 2.05) is 0 Å². The third kappa shape index (κ3) is 4.82. The monoisotopic (exact) mass is 271 g/mol. The van der Waals surface area contributed by atoms with Crippen LogP contribution in [0.1, 0.15) is 11.1 Å². The smallest absolute Gasteiger partial charge is 0.170 e. The predicted molar refractivity (Wildman–Crippen MR) is 68.5 cm³/mol. The fourth-order valence-corrected chi connectivity index (χ4v) is 1.53. The summed E-state index contributed by atoms with van der Waals surface area (Å²) in [7, 11) is 1.49. The number of ether oxygens (including phenoxy) is 1. The lowest BCUT2D eigenvalue weighted by atomic mass is 10.1. The minimum absolute atomic E-state index is 0.145. The summed E-state index contributed by atoms with van der Waals surface area (Å²) in [4.78, 5) is 0. The molecule has 0 aliphatic rings. The van der Waals surface area contributed by atoms with E-state index in [1.165, 1.54) is 13.2 Å². The summed E-state index contributed by atoms with van der Waals surface area (Å²) in [6, 6.07) is 4.29. The number of nitrogens with zero attached hydrogens (tertiary/aromatic N) is 1. The van der Waals surface area contributed by atoms with Crippen molar-refractivity contribution in [2.45, 2.75) is 12.6 Å². The van der Waals surface area contributed by atoms with E-state index in [2.05, 4.69) is 10.5 Å². The Morgan fingerprint density at radius 1 is 1.58 bits per heavy atom. The number of oxime groups is 1. The van der Waals surface area contributed by atoms with Crippen LogP contribution in [0, 0.1) is 5.82 Å². The van der Waals surface area contributed by atoms with Crippen molar-refractivity contribution in [3.8, 4) is 0 Å².